The number of thiophene rings is 1. The molecule has 0 amide bonds. The summed E-state index contributed by atoms with van der Waals surface area (Å²) in [5, 5.41) is 12.3. The van der Waals surface area contributed by atoms with E-state index in [0.29, 0.717) is 4.88 Å². The molecule has 0 fully saturated rings. The molecule has 0 spiro atoms. The quantitative estimate of drug-likeness (QED) is 0.485. The minimum atomic E-state index is -0.604. The second-order valence-corrected chi connectivity index (χ2v) is 4.53. The standard InChI is InChI=1S/C11H6ClNO3S/c12-10-7(3-1-4-8(10)13(15)16)11(14)9-5-2-6-17-9/h1-6H. The van der Waals surface area contributed by atoms with Crippen LogP contribution in [0.15, 0.2) is 35.7 Å². The van der Waals surface area contributed by atoms with Crippen LogP contribution in [0.1, 0.15) is 15.2 Å². The van der Waals surface area contributed by atoms with Crippen LogP contribution in [0.2, 0.25) is 5.02 Å². The maximum Gasteiger partial charge on any atom is 0.288 e. The molecule has 6 heteroatoms. The number of rotatable bonds is 3. The van der Waals surface area contributed by atoms with E-state index in [0.717, 1.165) is 0 Å². The van der Waals surface area contributed by atoms with E-state index in [1.807, 2.05) is 0 Å². The summed E-state index contributed by atoms with van der Waals surface area (Å²) in [6.07, 6.45) is 0. The van der Waals surface area contributed by atoms with Gasteiger partial charge in [0.15, 0.2) is 0 Å². The van der Waals surface area contributed by atoms with Crippen LogP contribution in [-0.2, 0) is 0 Å². The Kier molecular flexibility index (Phi) is 3.21. The van der Waals surface area contributed by atoms with Crippen LogP contribution in [0.5, 0.6) is 0 Å². The lowest BCUT2D eigenvalue weighted by atomic mass is 10.1. The highest BCUT2D eigenvalue weighted by molar-refractivity contribution is 7.12. The molecule has 1 heterocycles. The molecule has 0 unspecified atom stereocenters. The number of carbonyl (C=O) groups excluding carboxylic acids is 1. The second-order valence-electron chi connectivity index (χ2n) is 3.20. The van der Waals surface area contributed by atoms with E-state index in [4.69, 9.17) is 11.6 Å². The maximum absolute atomic E-state index is 12.0. The molecule has 0 aliphatic rings. The monoisotopic (exact) mass is 267 g/mol. The van der Waals surface area contributed by atoms with Gasteiger partial charge in [-0.3, -0.25) is 14.9 Å². The number of carbonyl (C=O) groups is 1. The van der Waals surface area contributed by atoms with E-state index >= 15 is 0 Å². The molecule has 0 bridgehead atoms. The van der Waals surface area contributed by atoms with Crippen LogP contribution in [0, 0.1) is 10.1 Å². The Balaban J connectivity index is 2.50. The molecule has 0 saturated heterocycles. The number of ketones is 1. The third-order valence-corrected chi connectivity index (χ3v) is 3.43. The summed E-state index contributed by atoms with van der Waals surface area (Å²) in [5.41, 5.74) is -0.0996. The van der Waals surface area contributed by atoms with E-state index in [1.54, 1.807) is 17.5 Å². The zero-order valence-corrected chi connectivity index (χ0v) is 9.99. The van der Waals surface area contributed by atoms with Crippen molar-refractivity contribution >= 4 is 34.4 Å². The number of halogens is 1. The Morgan fingerprint density at radius 1 is 1.29 bits per heavy atom. The minimum Gasteiger partial charge on any atom is -0.288 e. The van der Waals surface area contributed by atoms with Crippen molar-refractivity contribution in [3.05, 3.63) is 61.3 Å². The van der Waals surface area contributed by atoms with Gasteiger partial charge in [0.2, 0.25) is 5.78 Å². The Morgan fingerprint density at radius 3 is 2.65 bits per heavy atom. The van der Waals surface area contributed by atoms with Crippen molar-refractivity contribution in [2.24, 2.45) is 0 Å². The molecular weight excluding hydrogens is 262 g/mol. The minimum absolute atomic E-state index is 0.115. The van der Waals surface area contributed by atoms with E-state index in [1.165, 1.54) is 29.5 Å². The fourth-order valence-corrected chi connectivity index (χ4v) is 2.34. The van der Waals surface area contributed by atoms with Crippen LogP contribution in [0.4, 0.5) is 5.69 Å². The molecule has 0 saturated carbocycles. The molecule has 0 N–H and O–H groups in total. The highest BCUT2D eigenvalue weighted by atomic mass is 35.5. The normalized spacial score (nSPS) is 10.2. The summed E-state index contributed by atoms with van der Waals surface area (Å²) in [5.74, 6) is -0.297. The van der Waals surface area contributed by atoms with Crippen molar-refractivity contribution < 1.29 is 9.72 Å². The number of benzene rings is 1. The molecule has 86 valence electrons. The SMILES string of the molecule is O=C(c1cccs1)c1cccc([N+](=O)[O-])c1Cl. The highest BCUT2D eigenvalue weighted by Crippen LogP contribution is 2.30. The zero-order chi connectivity index (χ0) is 12.4. The molecule has 1 aromatic heterocycles. The summed E-state index contributed by atoms with van der Waals surface area (Å²) in [7, 11) is 0. The van der Waals surface area contributed by atoms with Crippen molar-refractivity contribution in [1.29, 1.82) is 0 Å². The van der Waals surface area contributed by atoms with Gasteiger partial charge in [0.1, 0.15) is 5.02 Å². The Hall–Kier alpha value is -1.72. The lowest BCUT2D eigenvalue weighted by Gasteiger charge is -2.01. The fraction of sp³-hybridized carbons (Fsp3) is 0. The van der Waals surface area contributed by atoms with Gasteiger partial charge < -0.3 is 0 Å². The first-order valence-electron chi connectivity index (χ1n) is 4.62. The maximum atomic E-state index is 12.0. The predicted octanol–water partition coefficient (Wildman–Crippen LogP) is 3.54. The van der Waals surface area contributed by atoms with Gasteiger partial charge >= 0.3 is 0 Å². The van der Waals surface area contributed by atoms with Gasteiger partial charge in [-0.15, -0.1) is 11.3 Å². The second kappa shape index (κ2) is 4.65. The van der Waals surface area contributed by atoms with Crippen molar-refractivity contribution in [3.8, 4) is 0 Å². The largest absolute Gasteiger partial charge is 0.288 e. The number of nitro groups is 1. The molecule has 2 aromatic rings. The molecule has 1 aromatic carbocycles. The number of nitro benzene ring substituents is 1. The van der Waals surface area contributed by atoms with Crippen LogP contribution in [-0.4, -0.2) is 10.7 Å². The molecule has 0 aliphatic carbocycles. The van der Waals surface area contributed by atoms with Gasteiger partial charge in [0, 0.05) is 11.6 Å². The fourth-order valence-electron chi connectivity index (χ4n) is 1.38. The van der Waals surface area contributed by atoms with Crippen LogP contribution in [0.3, 0.4) is 0 Å². The van der Waals surface area contributed by atoms with E-state index < -0.39 is 4.92 Å². The Bertz CT molecular complexity index is 580. The molecule has 2 rings (SSSR count). The van der Waals surface area contributed by atoms with E-state index in [2.05, 4.69) is 0 Å². The molecule has 4 nitrogen and oxygen atoms in total. The van der Waals surface area contributed by atoms with Gasteiger partial charge in [-0.1, -0.05) is 23.7 Å². The molecule has 0 atom stereocenters. The average molecular weight is 268 g/mol. The Morgan fingerprint density at radius 2 is 2.06 bits per heavy atom. The summed E-state index contributed by atoms with van der Waals surface area (Å²) in [6.45, 7) is 0. The van der Waals surface area contributed by atoms with Gasteiger partial charge in [-0.2, -0.15) is 0 Å². The number of hydrogen-bond acceptors (Lipinski definition) is 4. The van der Waals surface area contributed by atoms with Crippen molar-refractivity contribution in [3.63, 3.8) is 0 Å². The highest BCUT2D eigenvalue weighted by Gasteiger charge is 2.21. The van der Waals surface area contributed by atoms with Gasteiger partial charge in [-0.25, -0.2) is 0 Å². The van der Waals surface area contributed by atoms with Crippen molar-refractivity contribution in [1.82, 2.24) is 0 Å². The summed E-state index contributed by atoms with van der Waals surface area (Å²) in [4.78, 5) is 22.6. The number of hydrogen-bond donors (Lipinski definition) is 0. The first-order chi connectivity index (χ1) is 8.11. The van der Waals surface area contributed by atoms with Crippen LogP contribution < -0.4 is 0 Å². The first-order valence-corrected chi connectivity index (χ1v) is 5.88. The third kappa shape index (κ3) is 2.20. The lowest BCUT2D eigenvalue weighted by molar-refractivity contribution is -0.384. The average Bonchev–Trinajstić information content (AvgIpc) is 2.81. The van der Waals surface area contributed by atoms with Crippen LogP contribution >= 0.6 is 22.9 Å². The predicted molar refractivity (Wildman–Crippen MR) is 65.9 cm³/mol. The smallest absolute Gasteiger partial charge is 0.288 e. The zero-order valence-electron chi connectivity index (χ0n) is 8.42. The van der Waals surface area contributed by atoms with E-state index in [-0.39, 0.29) is 22.1 Å². The topological polar surface area (TPSA) is 60.2 Å². The van der Waals surface area contributed by atoms with Crippen molar-refractivity contribution in [2.75, 3.05) is 0 Å². The summed E-state index contributed by atoms with van der Waals surface area (Å²) >= 11 is 7.13. The molecule has 0 aliphatic heterocycles. The van der Waals surface area contributed by atoms with Crippen molar-refractivity contribution in [2.45, 2.75) is 0 Å². The molecule has 17 heavy (non-hydrogen) atoms. The number of nitrogens with zero attached hydrogens (tertiary/aromatic N) is 1. The molecule has 0 radical (unpaired) electrons. The Labute approximate surface area is 106 Å². The lowest BCUT2D eigenvalue weighted by Crippen LogP contribution is -2.01. The van der Waals surface area contributed by atoms with Gasteiger partial charge in [0.25, 0.3) is 5.69 Å². The summed E-state index contributed by atoms with van der Waals surface area (Å²) in [6, 6.07) is 7.60. The van der Waals surface area contributed by atoms with E-state index in [9.17, 15) is 14.9 Å². The van der Waals surface area contributed by atoms with Gasteiger partial charge in [0.05, 0.1) is 9.80 Å². The molecular formula is C11H6ClNO3S. The van der Waals surface area contributed by atoms with Crippen LogP contribution in [0.25, 0.3) is 0 Å². The third-order valence-electron chi connectivity index (χ3n) is 2.16. The first kappa shape index (κ1) is 11.8. The van der Waals surface area contributed by atoms with Gasteiger partial charge in [-0.05, 0) is 17.5 Å². The summed E-state index contributed by atoms with van der Waals surface area (Å²) < 4.78 is 0.